The van der Waals surface area contributed by atoms with E-state index in [9.17, 15) is 4.79 Å². The zero-order valence-electron chi connectivity index (χ0n) is 10.2. The smallest absolute Gasteiger partial charge is 0.181 e. The summed E-state index contributed by atoms with van der Waals surface area (Å²) in [5, 5.41) is 4.27. The van der Waals surface area contributed by atoms with Gasteiger partial charge in [-0.25, -0.2) is 0 Å². The second-order valence-electron chi connectivity index (χ2n) is 4.45. The fraction of sp³-hybridized carbons (Fsp3) is 0.462. The summed E-state index contributed by atoms with van der Waals surface area (Å²) in [5.74, 6) is 0.0319. The lowest BCUT2D eigenvalue weighted by Gasteiger charge is -2.32. The van der Waals surface area contributed by atoms with Crippen LogP contribution in [0, 0.1) is 0 Å². The van der Waals surface area contributed by atoms with E-state index in [1.807, 2.05) is 6.92 Å². The van der Waals surface area contributed by atoms with Gasteiger partial charge in [0.15, 0.2) is 5.78 Å². The molecule has 2 rings (SSSR count). The molecule has 5 heteroatoms. The number of hydrogen-bond acceptors (Lipinski definition) is 3. The van der Waals surface area contributed by atoms with Crippen LogP contribution in [0.25, 0.3) is 0 Å². The van der Waals surface area contributed by atoms with Crippen LogP contribution in [0.15, 0.2) is 18.2 Å². The van der Waals surface area contributed by atoms with Crippen LogP contribution in [0.4, 0.5) is 0 Å². The number of carbonyl (C=O) groups is 1. The van der Waals surface area contributed by atoms with Gasteiger partial charge in [-0.15, -0.1) is 0 Å². The Kier molecular flexibility index (Phi) is 4.62. The van der Waals surface area contributed by atoms with Crippen molar-refractivity contribution in [3.05, 3.63) is 33.8 Å². The van der Waals surface area contributed by atoms with E-state index < -0.39 is 0 Å². The van der Waals surface area contributed by atoms with Gasteiger partial charge in [0, 0.05) is 36.8 Å². The Morgan fingerprint density at radius 1 is 1.33 bits per heavy atom. The molecule has 1 N–H and O–H groups in total. The van der Waals surface area contributed by atoms with Crippen molar-refractivity contribution < 1.29 is 4.79 Å². The number of nitrogens with one attached hydrogen (secondary N) is 1. The zero-order valence-corrected chi connectivity index (χ0v) is 11.8. The van der Waals surface area contributed by atoms with Crippen molar-refractivity contribution in [1.82, 2.24) is 10.2 Å². The fourth-order valence-corrected chi connectivity index (χ4v) is 2.53. The number of halogens is 2. The molecule has 1 saturated heterocycles. The molecule has 1 atom stereocenters. The van der Waals surface area contributed by atoms with E-state index in [2.05, 4.69) is 10.2 Å². The molecule has 0 amide bonds. The number of rotatable bonds is 3. The molecule has 0 bridgehead atoms. The van der Waals surface area contributed by atoms with Crippen molar-refractivity contribution in [2.75, 3.05) is 26.2 Å². The molecule has 1 heterocycles. The van der Waals surface area contributed by atoms with Crippen molar-refractivity contribution >= 4 is 29.0 Å². The molecule has 1 aliphatic rings. The highest BCUT2D eigenvalue weighted by atomic mass is 35.5. The summed E-state index contributed by atoms with van der Waals surface area (Å²) in [7, 11) is 0. The van der Waals surface area contributed by atoms with E-state index in [4.69, 9.17) is 23.2 Å². The highest BCUT2D eigenvalue weighted by Crippen LogP contribution is 2.23. The molecule has 0 radical (unpaired) electrons. The molecule has 1 aromatic rings. The SMILES string of the molecule is CC(C(=O)c1cc(Cl)ccc1Cl)N1CCNCC1. The number of carbonyl (C=O) groups excluding carboxylic acids is 1. The molecule has 1 aromatic carbocycles. The van der Waals surface area contributed by atoms with Gasteiger partial charge in [0.2, 0.25) is 0 Å². The first-order chi connectivity index (χ1) is 8.59. The maximum Gasteiger partial charge on any atom is 0.181 e. The minimum atomic E-state index is -0.164. The predicted octanol–water partition coefficient (Wildman–Crippen LogP) is 2.47. The van der Waals surface area contributed by atoms with Crippen LogP contribution in [0.1, 0.15) is 17.3 Å². The van der Waals surface area contributed by atoms with Gasteiger partial charge in [0.05, 0.1) is 11.1 Å². The summed E-state index contributed by atoms with van der Waals surface area (Å²) in [6.07, 6.45) is 0. The number of piperazine rings is 1. The van der Waals surface area contributed by atoms with Gasteiger partial charge in [0.25, 0.3) is 0 Å². The summed E-state index contributed by atoms with van der Waals surface area (Å²) in [6.45, 7) is 5.52. The minimum absolute atomic E-state index is 0.0319. The number of nitrogens with zero attached hydrogens (tertiary/aromatic N) is 1. The Labute approximate surface area is 117 Å². The first-order valence-corrected chi connectivity index (χ1v) is 6.79. The third-order valence-electron chi connectivity index (χ3n) is 3.27. The van der Waals surface area contributed by atoms with E-state index >= 15 is 0 Å². The van der Waals surface area contributed by atoms with Crippen LogP contribution in [-0.2, 0) is 0 Å². The van der Waals surface area contributed by atoms with Crippen LogP contribution in [0.2, 0.25) is 10.0 Å². The maximum absolute atomic E-state index is 12.4. The number of hydrogen-bond donors (Lipinski definition) is 1. The molecule has 1 fully saturated rings. The van der Waals surface area contributed by atoms with Gasteiger partial charge in [-0.1, -0.05) is 23.2 Å². The van der Waals surface area contributed by atoms with E-state index in [-0.39, 0.29) is 11.8 Å². The van der Waals surface area contributed by atoms with E-state index in [0.717, 1.165) is 26.2 Å². The quantitative estimate of drug-likeness (QED) is 0.867. The topological polar surface area (TPSA) is 32.3 Å². The molecule has 98 valence electrons. The summed E-state index contributed by atoms with van der Waals surface area (Å²) >= 11 is 12.0. The molecule has 1 unspecified atom stereocenters. The van der Waals surface area contributed by atoms with Gasteiger partial charge in [-0.2, -0.15) is 0 Å². The van der Waals surface area contributed by atoms with Crippen molar-refractivity contribution in [3.63, 3.8) is 0 Å². The predicted molar refractivity (Wildman–Crippen MR) is 74.7 cm³/mol. The number of benzene rings is 1. The van der Waals surface area contributed by atoms with Crippen molar-refractivity contribution in [3.8, 4) is 0 Å². The van der Waals surface area contributed by atoms with Gasteiger partial charge in [-0.3, -0.25) is 9.69 Å². The average molecular weight is 287 g/mol. The Hall–Kier alpha value is -0.610. The number of Topliss-reactive ketones (excluding diaryl/α,β-unsaturated/α-hetero) is 1. The van der Waals surface area contributed by atoms with Crippen LogP contribution >= 0.6 is 23.2 Å². The Morgan fingerprint density at radius 3 is 2.67 bits per heavy atom. The normalized spacial score (nSPS) is 18.6. The molecule has 1 aliphatic heterocycles. The lowest BCUT2D eigenvalue weighted by Crippen LogP contribution is -2.50. The highest BCUT2D eigenvalue weighted by Gasteiger charge is 2.25. The van der Waals surface area contributed by atoms with Gasteiger partial charge >= 0.3 is 0 Å². The lowest BCUT2D eigenvalue weighted by atomic mass is 10.0. The first kappa shape index (κ1) is 13.8. The van der Waals surface area contributed by atoms with Gasteiger partial charge in [-0.05, 0) is 25.1 Å². The van der Waals surface area contributed by atoms with Crippen LogP contribution in [0.3, 0.4) is 0 Å². The molecule has 0 aromatic heterocycles. The Bertz CT molecular complexity index is 445. The van der Waals surface area contributed by atoms with E-state index in [0.29, 0.717) is 15.6 Å². The lowest BCUT2D eigenvalue weighted by molar-refractivity contribution is 0.0820. The van der Waals surface area contributed by atoms with Gasteiger partial charge < -0.3 is 5.32 Å². The molecule has 0 saturated carbocycles. The van der Waals surface area contributed by atoms with Crippen molar-refractivity contribution in [2.45, 2.75) is 13.0 Å². The van der Waals surface area contributed by atoms with Crippen molar-refractivity contribution in [1.29, 1.82) is 0 Å². The maximum atomic E-state index is 12.4. The Morgan fingerprint density at radius 2 is 2.00 bits per heavy atom. The second kappa shape index (κ2) is 6.02. The van der Waals surface area contributed by atoms with Crippen LogP contribution in [0.5, 0.6) is 0 Å². The zero-order chi connectivity index (χ0) is 13.1. The molecule has 0 spiro atoms. The average Bonchev–Trinajstić information content (AvgIpc) is 2.41. The van der Waals surface area contributed by atoms with Gasteiger partial charge in [0.1, 0.15) is 0 Å². The molecule has 3 nitrogen and oxygen atoms in total. The van der Waals surface area contributed by atoms with E-state index in [1.165, 1.54) is 0 Å². The van der Waals surface area contributed by atoms with Crippen molar-refractivity contribution in [2.24, 2.45) is 0 Å². The van der Waals surface area contributed by atoms with E-state index in [1.54, 1.807) is 18.2 Å². The third-order valence-corrected chi connectivity index (χ3v) is 3.84. The molecular weight excluding hydrogens is 271 g/mol. The van der Waals surface area contributed by atoms with Crippen LogP contribution < -0.4 is 5.32 Å². The fourth-order valence-electron chi connectivity index (χ4n) is 2.15. The summed E-state index contributed by atoms with van der Waals surface area (Å²) in [4.78, 5) is 14.6. The standard InChI is InChI=1S/C13H16Cl2N2O/c1-9(17-6-4-16-5-7-17)13(18)11-8-10(14)2-3-12(11)15/h2-3,8-9,16H,4-7H2,1H3. The molecule has 0 aliphatic carbocycles. The summed E-state index contributed by atoms with van der Waals surface area (Å²) in [6, 6.07) is 4.84. The Balaban J connectivity index is 2.16. The minimum Gasteiger partial charge on any atom is -0.314 e. The first-order valence-electron chi connectivity index (χ1n) is 6.03. The third kappa shape index (κ3) is 3.04. The number of ketones is 1. The highest BCUT2D eigenvalue weighted by molar-refractivity contribution is 6.36. The molecule has 18 heavy (non-hydrogen) atoms. The summed E-state index contributed by atoms with van der Waals surface area (Å²) in [5.41, 5.74) is 0.509. The second-order valence-corrected chi connectivity index (χ2v) is 5.29. The monoisotopic (exact) mass is 286 g/mol. The van der Waals surface area contributed by atoms with Crippen LogP contribution in [-0.4, -0.2) is 42.9 Å². The molecular formula is C13H16Cl2N2O. The largest absolute Gasteiger partial charge is 0.314 e. The summed E-state index contributed by atoms with van der Waals surface area (Å²) < 4.78 is 0.